The predicted octanol–water partition coefficient (Wildman–Crippen LogP) is 1.14. The summed E-state index contributed by atoms with van der Waals surface area (Å²) < 4.78 is 0. The number of hydrogen-bond donors (Lipinski definition) is 3. The van der Waals surface area contributed by atoms with Crippen LogP contribution < -0.4 is 5.73 Å². The van der Waals surface area contributed by atoms with Crippen LogP contribution in [0.4, 0.5) is 0 Å². The normalized spacial score (nSPS) is 10.8. The monoisotopic (exact) mass is 204 g/mol. The van der Waals surface area contributed by atoms with Gasteiger partial charge in [0.1, 0.15) is 0 Å². The van der Waals surface area contributed by atoms with Gasteiger partial charge in [-0.05, 0) is 31.2 Å². The molecule has 0 unspecified atom stereocenters. The number of rotatable bonds is 4. The Bertz CT molecular complexity index is 427. The molecule has 0 saturated carbocycles. The number of H-pyrrole nitrogens is 2. The van der Waals surface area contributed by atoms with Crippen molar-refractivity contribution in [2.75, 3.05) is 6.54 Å². The van der Waals surface area contributed by atoms with Gasteiger partial charge in [-0.3, -0.25) is 5.10 Å². The van der Waals surface area contributed by atoms with Gasteiger partial charge in [-0.25, -0.2) is 0 Å². The maximum absolute atomic E-state index is 5.53. The van der Waals surface area contributed by atoms with E-state index in [1.165, 1.54) is 17.0 Å². The third-order valence-corrected chi connectivity index (χ3v) is 2.47. The lowest BCUT2D eigenvalue weighted by molar-refractivity contribution is 0.887. The second-order valence-electron chi connectivity index (χ2n) is 3.76. The molecule has 0 atom stereocenters. The van der Waals surface area contributed by atoms with E-state index in [4.69, 9.17) is 5.73 Å². The minimum absolute atomic E-state index is 0.652. The predicted molar refractivity (Wildman–Crippen MR) is 59.7 cm³/mol. The summed E-state index contributed by atoms with van der Waals surface area (Å²) in [6.45, 7) is 2.71. The lowest BCUT2D eigenvalue weighted by atomic mass is 10.1. The maximum atomic E-state index is 5.53. The number of aromatic nitrogens is 3. The Morgan fingerprint density at radius 2 is 2.27 bits per heavy atom. The average molecular weight is 204 g/mol. The second kappa shape index (κ2) is 4.31. The smallest absolute Gasteiger partial charge is 0.0526 e. The number of hydrogen-bond acceptors (Lipinski definition) is 2. The fraction of sp³-hybridized carbons (Fsp3) is 0.364. The van der Waals surface area contributed by atoms with Crippen LogP contribution in [0.1, 0.15) is 22.6 Å². The lowest BCUT2D eigenvalue weighted by Gasteiger charge is -1.99. The molecule has 15 heavy (non-hydrogen) atoms. The van der Waals surface area contributed by atoms with Crippen LogP contribution in [-0.4, -0.2) is 21.7 Å². The molecule has 0 aliphatic heterocycles. The van der Waals surface area contributed by atoms with Crippen molar-refractivity contribution < 1.29 is 0 Å². The van der Waals surface area contributed by atoms with Crippen LogP contribution in [0.3, 0.4) is 0 Å². The third kappa shape index (κ3) is 2.27. The second-order valence-corrected chi connectivity index (χ2v) is 3.76. The van der Waals surface area contributed by atoms with Gasteiger partial charge in [0, 0.05) is 29.9 Å². The van der Waals surface area contributed by atoms with E-state index in [1.54, 1.807) is 0 Å². The van der Waals surface area contributed by atoms with Crippen molar-refractivity contribution in [3.05, 3.63) is 41.0 Å². The van der Waals surface area contributed by atoms with Crippen LogP contribution in [0.15, 0.2) is 18.3 Å². The van der Waals surface area contributed by atoms with E-state index >= 15 is 0 Å². The molecule has 0 amide bonds. The zero-order chi connectivity index (χ0) is 10.7. The molecule has 0 spiro atoms. The van der Waals surface area contributed by atoms with Gasteiger partial charge in [-0.1, -0.05) is 0 Å². The van der Waals surface area contributed by atoms with E-state index < -0.39 is 0 Å². The Labute approximate surface area is 88.9 Å². The fourth-order valence-electron chi connectivity index (χ4n) is 1.72. The minimum atomic E-state index is 0.652. The highest BCUT2D eigenvalue weighted by Gasteiger charge is 2.05. The zero-order valence-electron chi connectivity index (χ0n) is 8.88. The van der Waals surface area contributed by atoms with Crippen molar-refractivity contribution >= 4 is 0 Å². The highest BCUT2D eigenvalue weighted by Crippen LogP contribution is 2.12. The Kier molecular flexibility index (Phi) is 2.87. The molecule has 4 N–H and O–H groups in total. The molecule has 0 saturated heterocycles. The van der Waals surface area contributed by atoms with E-state index in [0.29, 0.717) is 6.54 Å². The Morgan fingerprint density at radius 1 is 1.40 bits per heavy atom. The molecule has 0 radical (unpaired) electrons. The van der Waals surface area contributed by atoms with E-state index in [2.05, 4.69) is 34.2 Å². The molecule has 4 heteroatoms. The van der Waals surface area contributed by atoms with Gasteiger partial charge in [0.2, 0.25) is 0 Å². The first-order chi connectivity index (χ1) is 7.29. The molecular weight excluding hydrogens is 188 g/mol. The SMILES string of the molecule is Cc1ccc(Cc2cn[nH]c2CCN)[nH]1. The summed E-state index contributed by atoms with van der Waals surface area (Å²) >= 11 is 0. The number of aryl methyl sites for hydroxylation is 1. The molecule has 80 valence electrons. The topological polar surface area (TPSA) is 70.5 Å². The molecule has 4 nitrogen and oxygen atoms in total. The molecule has 0 aromatic carbocycles. The van der Waals surface area contributed by atoms with Crippen molar-refractivity contribution in [3.8, 4) is 0 Å². The highest BCUT2D eigenvalue weighted by molar-refractivity contribution is 5.25. The zero-order valence-corrected chi connectivity index (χ0v) is 8.88. The summed E-state index contributed by atoms with van der Waals surface area (Å²) in [6, 6.07) is 4.19. The van der Waals surface area contributed by atoms with Crippen LogP contribution in [0.5, 0.6) is 0 Å². The van der Waals surface area contributed by atoms with Crippen LogP contribution in [-0.2, 0) is 12.8 Å². The highest BCUT2D eigenvalue weighted by atomic mass is 15.1. The van der Waals surface area contributed by atoms with Gasteiger partial charge in [-0.15, -0.1) is 0 Å². The standard InChI is InChI=1S/C11H16N4/c1-8-2-3-10(14-8)6-9-7-13-15-11(9)4-5-12/h2-3,7,14H,4-6,12H2,1H3,(H,13,15). The maximum Gasteiger partial charge on any atom is 0.0526 e. The van der Waals surface area contributed by atoms with E-state index in [9.17, 15) is 0 Å². The molecule has 2 aromatic heterocycles. The summed E-state index contributed by atoms with van der Waals surface area (Å²) in [5.41, 5.74) is 10.3. The van der Waals surface area contributed by atoms with Crippen molar-refractivity contribution in [2.24, 2.45) is 5.73 Å². The molecular formula is C11H16N4. The number of nitrogens with zero attached hydrogens (tertiary/aromatic N) is 1. The van der Waals surface area contributed by atoms with E-state index in [-0.39, 0.29) is 0 Å². The third-order valence-electron chi connectivity index (χ3n) is 2.47. The van der Waals surface area contributed by atoms with Gasteiger partial charge >= 0.3 is 0 Å². The number of aromatic amines is 2. The summed E-state index contributed by atoms with van der Waals surface area (Å²) in [4.78, 5) is 3.31. The largest absolute Gasteiger partial charge is 0.362 e. The van der Waals surface area contributed by atoms with Gasteiger partial charge in [0.15, 0.2) is 0 Å². The number of nitrogens with one attached hydrogen (secondary N) is 2. The van der Waals surface area contributed by atoms with Crippen molar-refractivity contribution in [1.29, 1.82) is 0 Å². The molecule has 2 rings (SSSR count). The van der Waals surface area contributed by atoms with Crippen LogP contribution in [0, 0.1) is 6.92 Å². The molecule has 0 fully saturated rings. The Balaban J connectivity index is 2.13. The summed E-state index contributed by atoms with van der Waals surface area (Å²) in [7, 11) is 0. The van der Waals surface area contributed by atoms with Crippen molar-refractivity contribution in [3.63, 3.8) is 0 Å². The Morgan fingerprint density at radius 3 is 2.93 bits per heavy atom. The molecule has 0 aliphatic rings. The molecule has 2 aromatic rings. The number of nitrogens with two attached hydrogens (primary N) is 1. The Hall–Kier alpha value is -1.55. The fourth-order valence-corrected chi connectivity index (χ4v) is 1.72. The quantitative estimate of drug-likeness (QED) is 0.699. The minimum Gasteiger partial charge on any atom is -0.362 e. The van der Waals surface area contributed by atoms with Crippen LogP contribution in [0.2, 0.25) is 0 Å². The van der Waals surface area contributed by atoms with Gasteiger partial charge in [-0.2, -0.15) is 5.10 Å². The molecule has 2 heterocycles. The average Bonchev–Trinajstić information content (AvgIpc) is 2.78. The lowest BCUT2D eigenvalue weighted by Crippen LogP contribution is -2.05. The van der Waals surface area contributed by atoms with Crippen molar-refractivity contribution in [1.82, 2.24) is 15.2 Å². The first-order valence-corrected chi connectivity index (χ1v) is 5.15. The van der Waals surface area contributed by atoms with Gasteiger partial charge in [0.05, 0.1) is 6.20 Å². The molecule has 0 aliphatic carbocycles. The first-order valence-electron chi connectivity index (χ1n) is 5.15. The summed E-state index contributed by atoms with van der Waals surface area (Å²) in [6.07, 6.45) is 3.62. The first kappa shape index (κ1) is 9.98. The van der Waals surface area contributed by atoms with Gasteiger partial charge in [0.25, 0.3) is 0 Å². The van der Waals surface area contributed by atoms with Crippen molar-refractivity contribution in [2.45, 2.75) is 19.8 Å². The van der Waals surface area contributed by atoms with Gasteiger partial charge < -0.3 is 10.7 Å². The van der Waals surface area contributed by atoms with E-state index in [0.717, 1.165) is 18.5 Å². The van der Waals surface area contributed by atoms with Crippen LogP contribution >= 0.6 is 0 Å². The molecule has 0 bridgehead atoms. The summed E-state index contributed by atoms with van der Waals surface area (Å²) in [5.74, 6) is 0. The summed E-state index contributed by atoms with van der Waals surface area (Å²) in [5, 5.41) is 7.04. The van der Waals surface area contributed by atoms with Crippen LogP contribution in [0.25, 0.3) is 0 Å². The van der Waals surface area contributed by atoms with E-state index in [1.807, 2.05) is 6.20 Å².